The molecule has 1 fully saturated rings. The fourth-order valence-corrected chi connectivity index (χ4v) is 9.06. The van der Waals surface area contributed by atoms with Gasteiger partial charge in [0.2, 0.25) is 5.56 Å². The number of aryl methyl sites for hydroxylation is 1. The van der Waals surface area contributed by atoms with Crippen LogP contribution in [0.5, 0.6) is 0 Å². The van der Waals surface area contributed by atoms with Crippen LogP contribution in [0.1, 0.15) is 52.7 Å². The Morgan fingerprint density at radius 3 is 2.18 bits per heavy atom. The van der Waals surface area contributed by atoms with Crippen LogP contribution in [0.4, 0.5) is 35.1 Å². The maximum atomic E-state index is 15.0. The number of carbonyl (C=O) groups excluding carboxylic acids is 1. The van der Waals surface area contributed by atoms with E-state index in [4.69, 9.17) is 0 Å². The highest BCUT2D eigenvalue weighted by molar-refractivity contribution is 7.92. The summed E-state index contributed by atoms with van der Waals surface area (Å²) in [7, 11) is -4.57. The highest BCUT2D eigenvalue weighted by atomic mass is 32.2. The number of nitrogens with one attached hydrogen (secondary N) is 2. The van der Waals surface area contributed by atoms with E-state index in [9.17, 15) is 48.7 Å². The Morgan fingerprint density at radius 2 is 1.57 bits per heavy atom. The number of benzene rings is 2. The predicted octanol–water partition coefficient (Wildman–Crippen LogP) is 6.02. The third-order valence-corrected chi connectivity index (χ3v) is 11.1. The molecule has 5 rings (SSSR count). The van der Waals surface area contributed by atoms with Crippen molar-refractivity contribution in [1.29, 1.82) is 0 Å². The number of hydrogen-bond donors (Lipinski definition) is 2. The summed E-state index contributed by atoms with van der Waals surface area (Å²) in [6, 6.07) is 6.79. The van der Waals surface area contributed by atoms with Gasteiger partial charge in [0.1, 0.15) is 10.6 Å². The number of alkyl halides is 7. The van der Waals surface area contributed by atoms with E-state index in [1.807, 2.05) is 0 Å². The Balaban J connectivity index is 1.68. The molecule has 0 saturated heterocycles. The zero-order chi connectivity index (χ0) is 32.3. The highest BCUT2D eigenvalue weighted by Crippen LogP contribution is 2.58. The van der Waals surface area contributed by atoms with Gasteiger partial charge in [0.25, 0.3) is 5.91 Å². The number of amides is 1. The van der Waals surface area contributed by atoms with Crippen molar-refractivity contribution < 1.29 is 48.3 Å². The fourth-order valence-electron chi connectivity index (χ4n) is 6.59. The summed E-state index contributed by atoms with van der Waals surface area (Å²) in [6.07, 6.45) is -11.7. The van der Waals surface area contributed by atoms with Gasteiger partial charge in [0, 0.05) is 35.3 Å². The van der Waals surface area contributed by atoms with E-state index in [1.54, 1.807) is 0 Å². The first-order valence-corrected chi connectivity index (χ1v) is 14.9. The smallest absolute Gasteiger partial charge is 0.349 e. The maximum Gasteiger partial charge on any atom is 0.435 e. The zero-order valence-electron chi connectivity index (χ0n) is 22.5. The number of H-pyrrole nitrogens is 1. The summed E-state index contributed by atoms with van der Waals surface area (Å²) in [5.41, 5.74) is -8.38. The van der Waals surface area contributed by atoms with E-state index < -0.39 is 67.4 Å². The van der Waals surface area contributed by atoms with E-state index in [0.717, 1.165) is 36.4 Å². The molecule has 0 bridgehead atoms. The molecular weight excluding hydrogens is 624 g/mol. The summed E-state index contributed by atoms with van der Waals surface area (Å²) >= 11 is 0. The lowest BCUT2D eigenvalue weighted by atomic mass is 9.82. The first-order chi connectivity index (χ1) is 20.4. The second-order valence-corrected chi connectivity index (χ2v) is 13.1. The number of sulfone groups is 1. The Bertz CT molecular complexity index is 1740. The number of carbonyl (C=O) groups is 1. The van der Waals surface area contributed by atoms with Crippen LogP contribution in [-0.2, 0) is 26.7 Å². The lowest BCUT2D eigenvalue weighted by molar-refractivity contribution is -0.348. The Kier molecular flexibility index (Phi) is 7.70. The molecule has 1 amide bonds. The van der Waals surface area contributed by atoms with Crippen molar-refractivity contribution in [3.05, 3.63) is 99.2 Å². The molecule has 2 N–H and O–H groups in total. The Hall–Kier alpha value is -3.75. The monoisotopic (exact) mass is 648 g/mol. The quantitative estimate of drug-likeness (QED) is 0.262. The second kappa shape index (κ2) is 10.7. The molecule has 3 atom stereocenters. The van der Waals surface area contributed by atoms with Crippen molar-refractivity contribution in [1.82, 2.24) is 10.3 Å². The van der Waals surface area contributed by atoms with Crippen LogP contribution >= 0.6 is 0 Å². The number of aromatic amines is 1. The third kappa shape index (κ3) is 4.88. The largest absolute Gasteiger partial charge is 0.435 e. The van der Waals surface area contributed by atoms with Gasteiger partial charge in [-0.15, -0.1) is 0 Å². The molecule has 1 aromatic heterocycles. The predicted molar refractivity (Wildman–Crippen MR) is 141 cm³/mol. The molecule has 0 aliphatic heterocycles. The van der Waals surface area contributed by atoms with Crippen molar-refractivity contribution in [2.75, 3.05) is 0 Å². The summed E-state index contributed by atoms with van der Waals surface area (Å²) < 4.78 is 137. The minimum atomic E-state index is -6.37. The topological polar surface area (TPSA) is 96.1 Å². The van der Waals surface area contributed by atoms with Gasteiger partial charge in [-0.3, -0.25) is 9.59 Å². The summed E-state index contributed by atoms with van der Waals surface area (Å²) in [5, 5.41) is 2.74. The molecule has 0 spiro atoms. The van der Waals surface area contributed by atoms with E-state index >= 15 is 4.39 Å². The van der Waals surface area contributed by atoms with E-state index in [1.165, 1.54) is 12.3 Å². The maximum absolute atomic E-state index is 15.0. The van der Waals surface area contributed by atoms with Crippen molar-refractivity contribution in [2.45, 2.75) is 65.8 Å². The van der Waals surface area contributed by atoms with Gasteiger partial charge in [-0.2, -0.15) is 26.3 Å². The van der Waals surface area contributed by atoms with Gasteiger partial charge in [0.15, 0.2) is 9.84 Å². The van der Waals surface area contributed by atoms with Gasteiger partial charge in [-0.1, -0.05) is 18.2 Å². The number of hydrogen-bond acceptors (Lipinski definition) is 4. The van der Waals surface area contributed by atoms with Crippen LogP contribution in [0, 0.1) is 11.7 Å². The van der Waals surface area contributed by atoms with Gasteiger partial charge in [-0.25, -0.2) is 17.2 Å². The van der Waals surface area contributed by atoms with Crippen LogP contribution in [0.3, 0.4) is 0 Å². The van der Waals surface area contributed by atoms with Crippen molar-refractivity contribution in [3.63, 3.8) is 0 Å². The summed E-state index contributed by atoms with van der Waals surface area (Å²) in [6.45, 7) is 0. The third-order valence-electron chi connectivity index (χ3n) is 8.57. The summed E-state index contributed by atoms with van der Waals surface area (Å²) in [4.78, 5) is 26.8. The Labute approximate surface area is 245 Å². The highest BCUT2D eigenvalue weighted by Gasteiger charge is 2.73. The van der Waals surface area contributed by atoms with E-state index in [2.05, 4.69) is 10.3 Å². The average Bonchev–Trinajstić information content (AvgIpc) is 3.21. The molecule has 44 heavy (non-hydrogen) atoms. The van der Waals surface area contributed by atoms with E-state index in [0.29, 0.717) is 12.1 Å². The lowest BCUT2D eigenvalue weighted by Gasteiger charge is -2.38. The molecule has 15 heteroatoms. The van der Waals surface area contributed by atoms with Crippen molar-refractivity contribution in [2.24, 2.45) is 5.92 Å². The lowest BCUT2D eigenvalue weighted by Crippen LogP contribution is -2.50. The second-order valence-electron chi connectivity index (χ2n) is 10.9. The fraction of sp³-hybridized carbons (Fsp3) is 0.379. The van der Waals surface area contributed by atoms with Crippen LogP contribution in [0.2, 0.25) is 0 Å². The Morgan fingerprint density at radius 1 is 0.909 bits per heavy atom. The van der Waals surface area contributed by atoms with E-state index in [-0.39, 0.29) is 53.7 Å². The van der Waals surface area contributed by atoms with Gasteiger partial charge < -0.3 is 10.3 Å². The van der Waals surface area contributed by atoms with Crippen LogP contribution < -0.4 is 10.9 Å². The average molecular weight is 649 g/mol. The SMILES string of the molecule is O=C(N[C@@H]1CC[C@@]2(S(=O)(=O)c3ccc(F)cc3)c3ccc(C(F)(C(F)(F)F)C(F)(F)F)cc3CCC[C@@H]12)c1cc[nH]c(=O)c1. The van der Waals surface area contributed by atoms with Gasteiger partial charge >= 0.3 is 18.0 Å². The van der Waals surface area contributed by atoms with Crippen LogP contribution in [0.15, 0.2) is 70.5 Å². The van der Waals surface area contributed by atoms with Crippen LogP contribution in [0.25, 0.3) is 0 Å². The molecule has 2 aromatic carbocycles. The molecule has 0 unspecified atom stereocenters. The summed E-state index contributed by atoms with van der Waals surface area (Å²) in [5.74, 6) is -2.40. The molecule has 0 radical (unpaired) electrons. The molecule has 2 aliphatic carbocycles. The van der Waals surface area contributed by atoms with Crippen molar-refractivity contribution >= 4 is 15.7 Å². The minimum Gasteiger partial charge on any atom is -0.349 e. The molecule has 1 saturated carbocycles. The number of pyridine rings is 1. The first kappa shape index (κ1) is 31.7. The van der Waals surface area contributed by atoms with Crippen molar-refractivity contribution in [3.8, 4) is 0 Å². The normalized spacial score (nSPS) is 22.5. The number of halogens is 8. The molecule has 6 nitrogen and oxygen atoms in total. The number of rotatable bonds is 5. The number of fused-ring (bicyclic) bond motifs is 3. The minimum absolute atomic E-state index is 0.0232. The molecule has 2 aliphatic rings. The molecule has 3 aromatic rings. The van der Waals surface area contributed by atoms with Crippen LogP contribution in [-0.4, -0.2) is 37.7 Å². The molecular formula is C29H24F8N2O4S. The standard InChI is InChI=1S/C29H24F8N2O4S/c30-19-5-7-20(8-6-19)44(42,43)26-12-10-23(39-25(41)17-11-13-38-24(40)15-17)22(26)3-1-2-16-14-18(4-9-21(16)26)27(31,28(32,33)34)29(35,36)37/h4-9,11,13-15,22-23H,1-3,10,12H2,(H,38,40)(H,39,41)/t22-,23+,26+/m0/s1. The molecule has 236 valence electrons. The number of aromatic nitrogens is 1. The van der Waals surface area contributed by atoms with Gasteiger partial charge in [0.05, 0.1) is 4.90 Å². The molecule has 1 heterocycles. The zero-order valence-corrected chi connectivity index (χ0v) is 23.3. The first-order valence-electron chi connectivity index (χ1n) is 13.4. The van der Waals surface area contributed by atoms with Gasteiger partial charge in [-0.05, 0) is 73.6 Å².